The van der Waals surface area contributed by atoms with E-state index in [-0.39, 0.29) is 12.2 Å². The molecule has 0 spiro atoms. The zero-order valence-corrected chi connectivity index (χ0v) is 14.8. The van der Waals surface area contributed by atoms with Crippen LogP contribution < -0.4 is 10.2 Å². The largest absolute Gasteiger partial charge is 0.480 e. The molecular formula is C18H12BrF3N2O2. The van der Waals surface area contributed by atoms with Gasteiger partial charge in [-0.05, 0) is 57.9 Å². The van der Waals surface area contributed by atoms with Gasteiger partial charge in [-0.25, -0.2) is 5.43 Å². The van der Waals surface area contributed by atoms with Crippen LogP contribution in [0.2, 0.25) is 0 Å². The quantitative estimate of drug-likeness (QED) is 0.443. The van der Waals surface area contributed by atoms with Crippen LogP contribution in [-0.2, 0) is 6.18 Å². The number of amides is 1. The summed E-state index contributed by atoms with van der Waals surface area (Å²) in [5.41, 5.74) is 1.77. The first kappa shape index (κ1) is 19.5. The molecule has 4 nitrogen and oxygen atoms in total. The van der Waals surface area contributed by atoms with E-state index in [0.717, 1.165) is 18.2 Å². The van der Waals surface area contributed by atoms with Crippen LogP contribution in [0.5, 0.6) is 5.75 Å². The van der Waals surface area contributed by atoms with Crippen LogP contribution in [0.15, 0.2) is 52.0 Å². The predicted molar refractivity (Wildman–Crippen MR) is 95.0 cm³/mol. The second kappa shape index (κ2) is 8.54. The Labute approximate surface area is 156 Å². The maximum absolute atomic E-state index is 12.7. The fourth-order valence-corrected chi connectivity index (χ4v) is 2.41. The molecule has 26 heavy (non-hydrogen) atoms. The van der Waals surface area contributed by atoms with E-state index in [9.17, 15) is 18.0 Å². The highest BCUT2D eigenvalue weighted by Gasteiger charge is 2.30. The Morgan fingerprint density at radius 2 is 2.08 bits per heavy atom. The molecular weight excluding hydrogens is 413 g/mol. The van der Waals surface area contributed by atoms with Gasteiger partial charge in [0.2, 0.25) is 0 Å². The highest BCUT2D eigenvalue weighted by atomic mass is 79.9. The number of halogens is 4. The zero-order chi connectivity index (χ0) is 19.2. The second-order valence-electron chi connectivity index (χ2n) is 4.96. The van der Waals surface area contributed by atoms with Crippen molar-refractivity contribution >= 4 is 28.1 Å². The van der Waals surface area contributed by atoms with E-state index in [0.29, 0.717) is 15.8 Å². The van der Waals surface area contributed by atoms with E-state index in [1.165, 1.54) is 12.3 Å². The van der Waals surface area contributed by atoms with Crippen molar-refractivity contribution in [1.82, 2.24) is 5.43 Å². The number of terminal acetylenes is 1. The van der Waals surface area contributed by atoms with Gasteiger partial charge in [0.25, 0.3) is 5.91 Å². The van der Waals surface area contributed by atoms with Gasteiger partial charge in [-0.2, -0.15) is 18.3 Å². The van der Waals surface area contributed by atoms with Crippen LogP contribution in [0.1, 0.15) is 21.5 Å². The van der Waals surface area contributed by atoms with Crippen LogP contribution in [-0.4, -0.2) is 18.7 Å². The molecule has 0 unspecified atom stereocenters. The second-order valence-corrected chi connectivity index (χ2v) is 5.81. The molecule has 0 aliphatic rings. The Kier molecular flexibility index (Phi) is 6.41. The predicted octanol–water partition coefficient (Wildman–Crippen LogP) is 4.24. The standard InChI is InChI=1S/C18H12BrF3N2O2/c1-2-8-26-16-7-6-12(9-15(16)19)11-23-24-17(25)13-4-3-5-14(10-13)18(20,21)22/h1,3-7,9-11H,8H2,(H,24,25)/b23-11-. The Hall–Kier alpha value is -2.79. The third kappa shape index (κ3) is 5.36. The van der Waals surface area contributed by atoms with E-state index in [4.69, 9.17) is 11.2 Å². The Balaban J connectivity index is 2.03. The Morgan fingerprint density at radius 3 is 2.73 bits per heavy atom. The lowest BCUT2D eigenvalue weighted by molar-refractivity contribution is -0.137. The first-order valence-corrected chi connectivity index (χ1v) is 7.97. The number of nitrogens with one attached hydrogen (secondary N) is 1. The molecule has 0 aromatic heterocycles. The molecule has 0 fully saturated rings. The van der Waals surface area contributed by atoms with Crippen molar-refractivity contribution in [3.05, 3.63) is 63.6 Å². The molecule has 2 aromatic rings. The minimum Gasteiger partial charge on any atom is -0.480 e. The number of hydrazone groups is 1. The highest BCUT2D eigenvalue weighted by Crippen LogP contribution is 2.29. The summed E-state index contributed by atoms with van der Waals surface area (Å²) in [6, 6.07) is 9.11. The van der Waals surface area contributed by atoms with E-state index in [1.54, 1.807) is 18.2 Å². The zero-order valence-electron chi connectivity index (χ0n) is 13.2. The maximum Gasteiger partial charge on any atom is 0.416 e. The lowest BCUT2D eigenvalue weighted by Crippen LogP contribution is -2.18. The summed E-state index contributed by atoms with van der Waals surface area (Å²) in [5.74, 6) is 2.15. The molecule has 0 bridgehead atoms. The molecule has 1 amide bonds. The normalized spacial score (nSPS) is 11.2. The van der Waals surface area contributed by atoms with E-state index >= 15 is 0 Å². The molecule has 2 aromatic carbocycles. The molecule has 2 rings (SSSR count). The van der Waals surface area contributed by atoms with Gasteiger partial charge in [0.1, 0.15) is 12.4 Å². The van der Waals surface area contributed by atoms with Gasteiger partial charge in [0.15, 0.2) is 0 Å². The van der Waals surface area contributed by atoms with Crippen LogP contribution in [0.3, 0.4) is 0 Å². The number of ether oxygens (including phenoxy) is 1. The molecule has 8 heteroatoms. The molecule has 0 aliphatic carbocycles. The number of alkyl halides is 3. The average Bonchev–Trinajstić information content (AvgIpc) is 2.60. The first-order valence-electron chi connectivity index (χ1n) is 7.17. The molecule has 0 radical (unpaired) electrons. The van der Waals surface area contributed by atoms with Crippen molar-refractivity contribution < 1.29 is 22.7 Å². The highest BCUT2D eigenvalue weighted by molar-refractivity contribution is 9.10. The summed E-state index contributed by atoms with van der Waals surface area (Å²) in [7, 11) is 0. The van der Waals surface area contributed by atoms with Crippen molar-refractivity contribution in [3.8, 4) is 18.1 Å². The van der Waals surface area contributed by atoms with Gasteiger partial charge in [-0.15, -0.1) is 6.42 Å². The lowest BCUT2D eigenvalue weighted by Gasteiger charge is -2.07. The molecule has 1 N–H and O–H groups in total. The monoisotopic (exact) mass is 424 g/mol. The van der Waals surface area contributed by atoms with Crippen molar-refractivity contribution in [2.45, 2.75) is 6.18 Å². The van der Waals surface area contributed by atoms with Gasteiger partial charge in [-0.3, -0.25) is 4.79 Å². The average molecular weight is 425 g/mol. The minimum atomic E-state index is -4.52. The summed E-state index contributed by atoms with van der Waals surface area (Å²) in [6.45, 7) is 0.124. The fraction of sp³-hybridized carbons (Fsp3) is 0.111. The van der Waals surface area contributed by atoms with Crippen LogP contribution in [0.25, 0.3) is 0 Å². The smallest absolute Gasteiger partial charge is 0.416 e. The van der Waals surface area contributed by atoms with Crippen molar-refractivity contribution in [1.29, 1.82) is 0 Å². The maximum atomic E-state index is 12.7. The summed E-state index contributed by atoms with van der Waals surface area (Å²) in [5, 5.41) is 3.74. The Bertz CT molecular complexity index is 873. The van der Waals surface area contributed by atoms with Crippen molar-refractivity contribution in [2.24, 2.45) is 5.10 Å². The number of rotatable bonds is 5. The third-order valence-corrected chi connectivity index (χ3v) is 3.72. The molecule has 0 atom stereocenters. The topological polar surface area (TPSA) is 50.7 Å². The summed E-state index contributed by atoms with van der Waals surface area (Å²) in [4.78, 5) is 11.9. The molecule has 0 aliphatic heterocycles. The van der Waals surface area contributed by atoms with Gasteiger partial charge in [0.05, 0.1) is 16.3 Å². The van der Waals surface area contributed by atoms with Crippen molar-refractivity contribution in [2.75, 3.05) is 6.61 Å². The van der Waals surface area contributed by atoms with E-state index < -0.39 is 17.6 Å². The van der Waals surface area contributed by atoms with Gasteiger partial charge < -0.3 is 4.74 Å². The lowest BCUT2D eigenvalue weighted by atomic mass is 10.1. The number of hydrogen-bond donors (Lipinski definition) is 1. The van der Waals surface area contributed by atoms with E-state index in [2.05, 4.69) is 32.4 Å². The number of benzene rings is 2. The summed E-state index contributed by atoms with van der Waals surface area (Å²) < 4.78 is 43.9. The van der Waals surface area contributed by atoms with Gasteiger partial charge in [-0.1, -0.05) is 12.0 Å². The molecule has 0 saturated heterocycles. The van der Waals surface area contributed by atoms with Gasteiger partial charge in [0, 0.05) is 5.56 Å². The van der Waals surface area contributed by atoms with Crippen LogP contribution in [0, 0.1) is 12.3 Å². The number of carbonyl (C=O) groups is 1. The molecule has 0 heterocycles. The summed E-state index contributed by atoms with van der Waals surface area (Å²) in [6.07, 6.45) is 1.95. The molecule has 0 saturated carbocycles. The summed E-state index contributed by atoms with van der Waals surface area (Å²) >= 11 is 3.31. The molecule has 134 valence electrons. The number of carbonyl (C=O) groups excluding carboxylic acids is 1. The van der Waals surface area contributed by atoms with Gasteiger partial charge >= 0.3 is 6.18 Å². The third-order valence-electron chi connectivity index (χ3n) is 3.10. The SMILES string of the molecule is C#CCOc1ccc(/C=N\NC(=O)c2cccc(C(F)(F)F)c2)cc1Br. The first-order chi connectivity index (χ1) is 12.3. The fourth-order valence-electron chi connectivity index (χ4n) is 1.90. The Morgan fingerprint density at radius 1 is 1.31 bits per heavy atom. The minimum absolute atomic E-state index is 0.124. The van der Waals surface area contributed by atoms with Crippen LogP contribution >= 0.6 is 15.9 Å². The number of nitrogens with zero attached hydrogens (tertiary/aromatic N) is 1. The van der Waals surface area contributed by atoms with Crippen molar-refractivity contribution in [3.63, 3.8) is 0 Å². The van der Waals surface area contributed by atoms with E-state index in [1.807, 2.05) is 0 Å². The van der Waals surface area contributed by atoms with Crippen LogP contribution in [0.4, 0.5) is 13.2 Å². The number of hydrogen-bond acceptors (Lipinski definition) is 3.